The Labute approximate surface area is 137 Å². The van der Waals surface area contributed by atoms with Crippen molar-refractivity contribution >= 4 is 34.2 Å². The van der Waals surface area contributed by atoms with Crippen molar-refractivity contribution in [3.05, 3.63) is 46.0 Å². The third-order valence-corrected chi connectivity index (χ3v) is 5.00. The largest absolute Gasteiger partial charge is 0.290 e. The summed E-state index contributed by atoms with van der Waals surface area (Å²) in [4.78, 5) is 44.7. The monoisotopic (exact) mass is 329 g/mol. The Morgan fingerprint density at radius 1 is 1.17 bits per heavy atom. The molecule has 0 bridgehead atoms. The van der Waals surface area contributed by atoms with Gasteiger partial charge in [-0.25, -0.2) is 4.98 Å². The van der Waals surface area contributed by atoms with Crippen LogP contribution in [0.25, 0.3) is 0 Å². The van der Waals surface area contributed by atoms with Crippen LogP contribution in [0.2, 0.25) is 0 Å². The first-order valence-electron chi connectivity index (χ1n) is 7.06. The zero-order valence-electron chi connectivity index (χ0n) is 13.0. The number of rotatable bonds is 3. The van der Waals surface area contributed by atoms with E-state index in [1.54, 1.807) is 31.3 Å². The quantitative estimate of drug-likeness (QED) is 0.808. The van der Waals surface area contributed by atoms with E-state index < -0.39 is 11.8 Å². The second-order valence-electron chi connectivity index (χ2n) is 5.33. The highest BCUT2D eigenvalue weighted by molar-refractivity contribution is 7.15. The molecule has 0 unspecified atom stereocenters. The zero-order chi connectivity index (χ0) is 16.7. The normalized spacial score (nSPS) is 13.4. The van der Waals surface area contributed by atoms with Crippen molar-refractivity contribution < 1.29 is 14.4 Å². The summed E-state index contributed by atoms with van der Waals surface area (Å²) in [5.41, 5.74) is 1.55. The van der Waals surface area contributed by atoms with Gasteiger partial charge in [0.15, 0.2) is 5.13 Å². The lowest BCUT2D eigenvalue weighted by atomic mass is 10.1. The summed E-state index contributed by atoms with van der Waals surface area (Å²) in [6.07, 6.45) is 0. The average Bonchev–Trinajstić information content (AvgIpc) is 3.00. The molecule has 0 radical (unpaired) electrons. The number of imide groups is 1. The number of aryl methyl sites for hydroxylation is 2. The highest BCUT2D eigenvalue weighted by Crippen LogP contribution is 2.26. The van der Waals surface area contributed by atoms with Crippen molar-refractivity contribution in [2.45, 2.75) is 13.8 Å². The number of amides is 3. The number of hydrogen-bond acceptors (Lipinski definition) is 5. The second kappa shape index (κ2) is 5.58. The number of thiazole rings is 1. The minimum Gasteiger partial charge on any atom is -0.290 e. The van der Waals surface area contributed by atoms with Crippen molar-refractivity contribution in [1.82, 2.24) is 9.88 Å². The number of aromatic nitrogens is 1. The number of likely N-dealkylation sites (N-methyl/N-ethyl adjacent to an activating group) is 1. The lowest BCUT2D eigenvalue weighted by Gasteiger charge is -2.18. The number of fused-ring (bicyclic) bond motifs is 1. The van der Waals surface area contributed by atoms with Gasteiger partial charge in [0.05, 0.1) is 16.8 Å². The Hall–Kier alpha value is -2.54. The van der Waals surface area contributed by atoms with Gasteiger partial charge in [0, 0.05) is 11.9 Å². The number of anilines is 1. The summed E-state index contributed by atoms with van der Waals surface area (Å²) < 4.78 is 0. The fraction of sp³-hybridized carbons (Fsp3) is 0.250. The molecule has 1 aliphatic heterocycles. The van der Waals surface area contributed by atoms with E-state index in [1.807, 2.05) is 13.8 Å². The molecule has 0 aliphatic carbocycles. The van der Waals surface area contributed by atoms with Gasteiger partial charge in [-0.05, 0) is 26.0 Å². The summed E-state index contributed by atoms with van der Waals surface area (Å²) in [5.74, 6) is -1.22. The van der Waals surface area contributed by atoms with Crippen molar-refractivity contribution in [3.63, 3.8) is 0 Å². The fourth-order valence-electron chi connectivity index (χ4n) is 2.33. The molecule has 118 valence electrons. The Morgan fingerprint density at radius 3 is 2.22 bits per heavy atom. The molecule has 1 aromatic heterocycles. The van der Waals surface area contributed by atoms with Gasteiger partial charge in [-0.3, -0.25) is 24.2 Å². The smallest absolute Gasteiger partial charge is 0.262 e. The average molecular weight is 329 g/mol. The van der Waals surface area contributed by atoms with Gasteiger partial charge in [-0.15, -0.1) is 11.3 Å². The van der Waals surface area contributed by atoms with E-state index in [2.05, 4.69) is 4.98 Å². The summed E-state index contributed by atoms with van der Waals surface area (Å²) in [6, 6.07) is 6.58. The molecule has 2 aromatic rings. The lowest BCUT2D eigenvalue weighted by molar-refractivity contribution is -0.118. The van der Waals surface area contributed by atoms with Gasteiger partial charge < -0.3 is 0 Å². The van der Waals surface area contributed by atoms with E-state index in [9.17, 15) is 14.4 Å². The van der Waals surface area contributed by atoms with Crippen LogP contribution in [0.15, 0.2) is 24.3 Å². The van der Waals surface area contributed by atoms with E-state index in [1.165, 1.54) is 16.2 Å². The van der Waals surface area contributed by atoms with Crippen molar-refractivity contribution in [2.75, 3.05) is 18.5 Å². The number of carbonyl (C=O) groups excluding carboxylic acids is 3. The first-order valence-corrected chi connectivity index (χ1v) is 7.87. The third kappa shape index (κ3) is 2.53. The molecular formula is C16H15N3O3S. The van der Waals surface area contributed by atoms with Crippen LogP contribution in [0.1, 0.15) is 31.3 Å². The highest BCUT2D eigenvalue weighted by Gasteiger charge is 2.37. The minimum atomic E-state index is -0.432. The number of nitrogens with zero attached hydrogens (tertiary/aromatic N) is 3. The van der Waals surface area contributed by atoms with Gasteiger partial charge in [0.2, 0.25) is 5.91 Å². The topological polar surface area (TPSA) is 70.6 Å². The molecule has 0 spiro atoms. The first-order chi connectivity index (χ1) is 10.9. The van der Waals surface area contributed by atoms with Crippen LogP contribution in [0.3, 0.4) is 0 Å². The van der Waals surface area contributed by atoms with E-state index in [0.717, 1.165) is 15.5 Å². The Balaban J connectivity index is 1.79. The molecule has 1 aromatic carbocycles. The summed E-state index contributed by atoms with van der Waals surface area (Å²) in [7, 11) is 1.60. The summed E-state index contributed by atoms with van der Waals surface area (Å²) >= 11 is 1.40. The standard InChI is InChI=1S/C16H15N3O3S/c1-9-10(2)23-16(17-9)18(3)13(20)8-19-14(21)11-6-4-5-7-12(11)15(19)22/h4-7H,8H2,1-3H3. The van der Waals surface area contributed by atoms with Crippen LogP contribution in [0, 0.1) is 13.8 Å². The van der Waals surface area contributed by atoms with Crippen LogP contribution >= 0.6 is 11.3 Å². The molecule has 3 rings (SSSR count). The van der Waals surface area contributed by atoms with E-state index in [-0.39, 0.29) is 12.5 Å². The molecule has 6 nitrogen and oxygen atoms in total. The van der Waals surface area contributed by atoms with Gasteiger partial charge >= 0.3 is 0 Å². The molecule has 1 aliphatic rings. The predicted molar refractivity (Wildman–Crippen MR) is 86.8 cm³/mol. The number of carbonyl (C=O) groups is 3. The predicted octanol–water partition coefficient (Wildman–Crippen LogP) is 2.02. The lowest BCUT2D eigenvalue weighted by Crippen LogP contribution is -2.41. The Morgan fingerprint density at radius 2 is 1.74 bits per heavy atom. The van der Waals surface area contributed by atoms with Gasteiger partial charge in [0.1, 0.15) is 6.54 Å². The SMILES string of the molecule is Cc1nc(N(C)C(=O)CN2C(=O)c3ccccc3C2=O)sc1C. The summed E-state index contributed by atoms with van der Waals surface area (Å²) in [5, 5.41) is 0.557. The minimum absolute atomic E-state index is 0.291. The molecule has 0 fully saturated rings. The highest BCUT2D eigenvalue weighted by atomic mass is 32.1. The van der Waals surface area contributed by atoms with Crippen molar-refractivity contribution in [3.8, 4) is 0 Å². The van der Waals surface area contributed by atoms with Crippen LogP contribution < -0.4 is 4.90 Å². The van der Waals surface area contributed by atoms with Gasteiger partial charge in [-0.1, -0.05) is 12.1 Å². The van der Waals surface area contributed by atoms with Crippen molar-refractivity contribution in [1.29, 1.82) is 0 Å². The molecule has 0 saturated carbocycles. The Kier molecular flexibility index (Phi) is 3.73. The summed E-state index contributed by atoms with van der Waals surface area (Å²) in [6.45, 7) is 3.51. The molecule has 7 heteroatoms. The van der Waals surface area contributed by atoms with Gasteiger partial charge in [-0.2, -0.15) is 0 Å². The molecule has 3 amide bonds. The van der Waals surface area contributed by atoms with Gasteiger partial charge in [0.25, 0.3) is 11.8 Å². The first kappa shape index (κ1) is 15.4. The number of benzene rings is 1. The van der Waals surface area contributed by atoms with Crippen LogP contribution in [0.5, 0.6) is 0 Å². The second-order valence-corrected chi connectivity index (χ2v) is 6.51. The third-order valence-electron chi connectivity index (χ3n) is 3.85. The van der Waals surface area contributed by atoms with Crippen molar-refractivity contribution in [2.24, 2.45) is 0 Å². The molecule has 0 N–H and O–H groups in total. The van der Waals surface area contributed by atoms with Crippen LogP contribution in [0.4, 0.5) is 5.13 Å². The molecule has 0 saturated heterocycles. The molecule has 23 heavy (non-hydrogen) atoms. The zero-order valence-corrected chi connectivity index (χ0v) is 13.8. The maximum absolute atomic E-state index is 12.4. The maximum atomic E-state index is 12.4. The van der Waals surface area contributed by atoms with E-state index >= 15 is 0 Å². The number of hydrogen-bond donors (Lipinski definition) is 0. The molecule has 0 atom stereocenters. The fourth-order valence-corrected chi connectivity index (χ4v) is 3.22. The molecular weight excluding hydrogens is 314 g/mol. The molecule has 2 heterocycles. The maximum Gasteiger partial charge on any atom is 0.262 e. The Bertz CT molecular complexity index is 773. The van der Waals surface area contributed by atoms with E-state index in [4.69, 9.17) is 0 Å². The van der Waals surface area contributed by atoms with Crippen LogP contribution in [-0.4, -0.2) is 41.2 Å². The van der Waals surface area contributed by atoms with Crippen LogP contribution in [-0.2, 0) is 4.79 Å². The van der Waals surface area contributed by atoms with E-state index in [0.29, 0.717) is 16.3 Å².